The van der Waals surface area contributed by atoms with Gasteiger partial charge in [0, 0.05) is 30.0 Å². The molecule has 134 valence electrons. The maximum absolute atomic E-state index is 13.9. The molecule has 0 radical (unpaired) electrons. The predicted octanol–water partition coefficient (Wildman–Crippen LogP) is 2.78. The van der Waals surface area contributed by atoms with Crippen LogP contribution in [0.1, 0.15) is 37.0 Å². The molecule has 0 bridgehead atoms. The Kier molecular flexibility index (Phi) is 3.93. The lowest BCUT2D eigenvalue weighted by Gasteiger charge is -2.39. The number of nitrogens with zero attached hydrogens (tertiary/aromatic N) is 1. The number of hydrogen-bond acceptors (Lipinski definition) is 3. The summed E-state index contributed by atoms with van der Waals surface area (Å²) in [6, 6.07) is 0.950. The van der Waals surface area contributed by atoms with Crippen LogP contribution in [0.4, 0.5) is 13.2 Å². The minimum absolute atomic E-state index is 0.130. The Hall–Kier alpha value is -2.31. The maximum Gasteiger partial charge on any atom is 0.256 e. The summed E-state index contributed by atoms with van der Waals surface area (Å²) in [7, 11) is 0. The van der Waals surface area contributed by atoms with Crippen molar-refractivity contribution in [3.63, 3.8) is 0 Å². The van der Waals surface area contributed by atoms with Gasteiger partial charge < -0.3 is 10.6 Å². The third kappa shape index (κ3) is 2.92. The van der Waals surface area contributed by atoms with Crippen LogP contribution >= 0.6 is 0 Å². The van der Waals surface area contributed by atoms with Crippen LogP contribution in [-0.2, 0) is 4.79 Å². The SMILES string of the molecule is CC1(C)C[C@@]2(C=C(N)C1=O)CCN(C(=O)c1cc(F)c(F)cc1F)C2. The smallest absolute Gasteiger partial charge is 0.256 e. The summed E-state index contributed by atoms with van der Waals surface area (Å²) in [6.07, 6.45) is 2.78. The molecule has 1 saturated heterocycles. The number of rotatable bonds is 1. The number of allylic oxidation sites excluding steroid dienone is 1. The van der Waals surface area contributed by atoms with E-state index in [1.54, 1.807) is 19.9 Å². The van der Waals surface area contributed by atoms with Gasteiger partial charge in [-0.1, -0.05) is 13.8 Å². The minimum Gasteiger partial charge on any atom is -0.396 e. The van der Waals surface area contributed by atoms with E-state index < -0.39 is 39.8 Å². The van der Waals surface area contributed by atoms with Crippen molar-refractivity contribution in [1.29, 1.82) is 0 Å². The Balaban J connectivity index is 1.87. The first kappa shape index (κ1) is 17.5. The van der Waals surface area contributed by atoms with Crippen LogP contribution < -0.4 is 5.73 Å². The first-order valence-electron chi connectivity index (χ1n) is 8.02. The summed E-state index contributed by atoms with van der Waals surface area (Å²) >= 11 is 0. The molecule has 0 saturated carbocycles. The zero-order valence-corrected chi connectivity index (χ0v) is 14.0. The number of carbonyl (C=O) groups excluding carboxylic acids is 2. The summed E-state index contributed by atoms with van der Waals surface area (Å²) < 4.78 is 40.3. The van der Waals surface area contributed by atoms with Gasteiger partial charge in [0.2, 0.25) is 0 Å². The predicted molar refractivity (Wildman–Crippen MR) is 84.9 cm³/mol. The van der Waals surface area contributed by atoms with E-state index in [9.17, 15) is 22.8 Å². The van der Waals surface area contributed by atoms with Gasteiger partial charge in [-0.15, -0.1) is 0 Å². The second kappa shape index (κ2) is 5.61. The zero-order chi connectivity index (χ0) is 18.6. The molecule has 3 rings (SSSR count). The number of likely N-dealkylation sites (tertiary alicyclic amines) is 1. The first-order chi connectivity index (χ1) is 11.5. The summed E-state index contributed by atoms with van der Waals surface area (Å²) in [5.74, 6) is -4.54. The topological polar surface area (TPSA) is 63.4 Å². The molecule has 2 N–H and O–H groups in total. The van der Waals surface area contributed by atoms with Gasteiger partial charge in [0.15, 0.2) is 17.4 Å². The number of halogens is 3. The van der Waals surface area contributed by atoms with Crippen molar-refractivity contribution in [3.05, 3.63) is 46.9 Å². The average molecular weight is 352 g/mol. The van der Waals surface area contributed by atoms with E-state index in [0.717, 1.165) is 0 Å². The third-order valence-electron chi connectivity index (χ3n) is 5.05. The van der Waals surface area contributed by atoms with Crippen LogP contribution in [0.25, 0.3) is 0 Å². The van der Waals surface area contributed by atoms with Crippen LogP contribution in [-0.4, -0.2) is 29.7 Å². The van der Waals surface area contributed by atoms with Crippen molar-refractivity contribution >= 4 is 11.7 Å². The minimum atomic E-state index is -1.34. The largest absolute Gasteiger partial charge is 0.396 e. The quantitative estimate of drug-likeness (QED) is 0.791. The van der Waals surface area contributed by atoms with E-state index in [1.807, 2.05) is 0 Å². The molecule has 1 aromatic carbocycles. The fourth-order valence-corrected chi connectivity index (χ4v) is 3.99. The van der Waals surface area contributed by atoms with Gasteiger partial charge in [0.25, 0.3) is 5.91 Å². The Labute approximate surface area is 143 Å². The third-order valence-corrected chi connectivity index (χ3v) is 5.05. The number of benzene rings is 1. The number of Topliss-reactive ketones (excluding diaryl/α,β-unsaturated/α-hetero) is 1. The molecular formula is C18H19F3N2O2. The van der Waals surface area contributed by atoms with Crippen LogP contribution in [0.15, 0.2) is 23.9 Å². The Morgan fingerprint density at radius 3 is 2.44 bits per heavy atom. The second-order valence-electron chi connectivity index (χ2n) is 7.57. The molecule has 1 spiro atoms. The van der Waals surface area contributed by atoms with E-state index in [-0.39, 0.29) is 18.0 Å². The van der Waals surface area contributed by atoms with Gasteiger partial charge in [0.1, 0.15) is 5.82 Å². The molecule has 25 heavy (non-hydrogen) atoms. The normalized spacial score (nSPS) is 25.4. The molecule has 0 aromatic heterocycles. The molecule has 1 aromatic rings. The fourth-order valence-electron chi connectivity index (χ4n) is 3.99. The lowest BCUT2D eigenvalue weighted by molar-refractivity contribution is -0.125. The zero-order valence-electron chi connectivity index (χ0n) is 14.0. The molecule has 0 unspecified atom stereocenters. The van der Waals surface area contributed by atoms with Crippen LogP contribution in [0, 0.1) is 28.3 Å². The van der Waals surface area contributed by atoms with Gasteiger partial charge in [-0.3, -0.25) is 9.59 Å². The summed E-state index contributed by atoms with van der Waals surface area (Å²) in [5, 5.41) is 0. The monoisotopic (exact) mass is 352 g/mol. The number of hydrogen-bond donors (Lipinski definition) is 1. The molecule has 1 aliphatic carbocycles. The van der Waals surface area contributed by atoms with Gasteiger partial charge in [-0.2, -0.15) is 0 Å². The van der Waals surface area contributed by atoms with Gasteiger partial charge in [0.05, 0.1) is 11.3 Å². The molecule has 1 fully saturated rings. The average Bonchev–Trinajstić information content (AvgIpc) is 2.90. The molecular weight excluding hydrogens is 333 g/mol. The Morgan fingerprint density at radius 2 is 1.80 bits per heavy atom. The summed E-state index contributed by atoms with van der Waals surface area (Å²) in [4.78, 5) is 26.1. The van der Waals surface area contributed by atoms with E-state index in [2.05, 4.69) is 0 Å². The van der Waals surface area contributed by atoms with E-state index in [1.165, 1.54) is 4.90 Å². The summed E-state index contributed by atoms with van der Waals surface area (Å²) in [5.41, 5.74) is 4.41. The van der Waals surface area contributed by atoms with Gasteiger partial charge >= 0.3 is 0 Å². The van der Waals surface area contributed by atoms with Crippen molar-refractivity contribution in [2.45, 2.75) is 26.7 Å². The number of nitrogens with two attached hydrogens (primary N) is 1. The molecule has 4 nitrogen and oxygen atoms in total. The molecule has 7 heteroatoms. The van der Waals surface area contributed by atoms with Crippen molar-refractivity contribution in [2.75, 3.05) is 13.1 Å². The van der Waals surface area contributed by atoms with Gasteiger partial charge in [-0.05, 0) is 25.0 Å². The Bertz CT molecular complexity index is 804. The van der Waals surface area contributed by atoms with E-state index in [4.69, 9.17) is 5.73 Å². The highest BCUT2D eigenvalue weighted by Crippen LogP contribution is 2.47. The van der Waals surface area contributed by atoms with Crippen molar-refractivity contribution in [2.24, 2.45) is 16.6 Å². The lowest BCUT2D eigenvalue weighted by Crippen LogP contribution is -2.42. The van der Waals surface area contributed by atoms with E-state index >= 15 is 0 Å². The van der Waals surface area contributed by atoms with Crippen molar-refractivity contribution in [3.8, 4) is 0 Å². The number of amides is 1. The summed E-state index contributed by atoms with van der Waals surface area (Å²) in [6.45, 7) is 4.18. The van der Waals surface area contributed by atoms with Crippen molar-refractivity contribution in [1.82, 2.24) is 4.90 Å². The number of ketones is 1. The highest BCUT2D eigenvalue weighted by atomic mass is 19.2. The highest BCUT2D eigenvalue weighted by molar-refractivity contribution is 6.00. The standard InChI is InChI=1S/C18H19F3N2O2/c1-17(2)8-18(7-14(22)15(17)24)3-4-23(9-18)16(25)10-5-12(20)13(21)6-11(10)19/h5-7H,3-4,8-9,22H2,1-2H3/t18-/m0/s1. The van der Waals surface area contributed by atoms with Crippen LogP contribution in [0.2, 0.25) is 0 Å². The molecule has 1 aliphatic heterocycles. The number of carbonyl (C=O) groups is 2. The van der Waals surface area contributed by atoms with Crippen LogP contribution in [0.5, 0.6) is 0 Å². The molecule has 1 heterocycles. The molecule has 1 amide bonds. The first-order valence-corrected chi connectivity index (χ1v) is 8.02. The Morgan fingerprint density at radius 1 is 1.16 bits per heavy atom. The lowest BCUT2D eigenvalue weighted by atomic mass is 9.65. The fraction of sp³-hybridized carbons (Fsp3) is 0.444. The second-order valence-corrected chi connectivity index (χ2v) is 7.57. The van der Waals surface area contributed by atoms with E-state index in [0.29, 0.717) is 31.5 Å². The van der Waals surface area contributed by atoms with Gasteiger partial charge in [-0.25, -0.2) is 13.2 Å². The highest BCUT2D eigenvalue weighted by Gasteiger charge is 2.48. The van der Waals surface area contributed by atoms with Crippen LogP contribution in [0.3, 0.4) is 0 Å². The van der Waals surface area contributed by atoms with Crippen molar-refractivity contribution < 1.29 is 22.8 Å². The molecule has 2 aliphatic rings. The maximum atomic E-state index is 13.9. The molecule has 1 atom stereocenters.